The molecule has 0 spiro atoms. The van der Waals surface area contributed by atoms with Crippen molar-refractivity contribution in [2.75, 3.05) is 52.3 Å². The number of morpholine rings is 1. The lowest BCUT2D eigenvalue weighted by atomic mass is 10.2. The second kappa shape index (κ2) is 7.97. The van der Waals surface area contributed by atoms with Crippen LogP contribution in [0.1, 0.15) is 0 Å². The van der Waals surface area contributed by atoms with Gasteiger partial charge in [-0.2, -0.15) is 0 Å². The molecule has 1 aromatic rings. The molecule has 1 saturated heterocycles. The number of amides is 1. The number of hydrogen-bond donors (Lipinski definition) is 2. The van der Waals surface area contributed by atoms with Gasteiger partial charge in [-0.05, 0) is 26.2 Å². The fourth-order valence-corrected chi connectivity index (χ4v) is 1.97. The number of nitrogens with zero attached hydrogens (tertiary/aromatic N) is 1. The Kier molecular flexibility index (Phi) is 5.98. The number of carbonyl (C=O) groups excluding carboxylic acids is 1. The molecule has 2 N–H and O–H groups in total. The quantitative estimate of drug-likeness (QED) is 0.802. The van der Waals surface area contributed by atoms with Gasteiger partial charge in [0.2, 0.25) is 5.91 Å². The van der Waals surface area contributed by atoms with Crippen molar-refractivity contribution in [2.45, 2.75) is 6.04 Å². The SMILES string of the molecule is CN(C)CCOc1cccc(NC(=O)C2COCCN2)c1. The summed E-state index contributed by atoms with van der Waals surface area (Å²) < 4.78 is 10.9. The summed E-state index contributed by atoms with van der Waals surface area (Å²) >= 11 is 0. The molecule has 1 amide bonds. The molecule has 0 radical (unpaired) electrons. The van der Waals surface area contributed by atoms with E-state index in [1.165, 1.54) is 0 Å². The molecule has 1 fully saturated rings. The summed E-state index contributed by atoms with van der Waals surface area (Å²) in [5.74, 6) is 0.669. The van der Waals surface area contributed by atoms with E-state index in [0.717, 1.165) is 18.0 Å². The number of carbonyl (C=O) groups is 1. The van der Waals surface area contributed by atoms with Crippen molar-refractivity contribution >= 4 is 11.6 Å². The van der Waals surface area contributed by atoms with Crippen molar-refractivity contribution in [1.82, 2.24) is 10.2 Å². The predicted molar refractivity (Wildman–Crippen MR) is 81.7 cm³/mol. The van der Waals surface area contributed by atoms with Crippen LogP contribution in [0.15, 0.2) is 24.3 Å². The summed E-state index contributed by atoms with van der Waals surface area (Å²) in [6, 6.07) is 7.13. The molecule has 1 aliphatic heterocycles. The largest absolute Gasteiger partial charge is 0.492 e. The van der Waals surface area contributed by atoms with Gasteiger partial charge in [0, 0.05) is 24.8 Å². The average molecular weight is 293 g/mol. The van der Waals surface area contributed by atoms with E-state index in [-0.39, 0.29) is 11.9 Å². The Balaban J connectivity index is 1.86. The Morgan fingerprint density at radius 3 is 3.10 bits per heavy atom. The second-order valence-electron chi connectivity index (χ2n) is 5.25. The Morgan fingerprint density at radius 2 is 2.38 bits per heavy atom. The minimum Gasteiger partial charge on any atom is -0.492 e. The molecule has 1 aliphatic rings. The van der Waals surface area contributed by atoms with Crippen LogP contribution in [0.25, 0.3) is 0 Å². The molecule has 0 aliphatic carbocycles. The van der Waals surface area contributed by atoms with Crippen molar-refractivity contribution < 1.29 is 14.3 Å². The van der Waals surface area contributed by atoms with Crippen LogP contribution in [0.2, 0.25) is 0 Å². The van der Waals surface area contributed by atoms with Crippen molar-refractivity contribution in [3.8, 4) is 5.75 Å². The Hall–Kier alpha value is -1.63. The highest BCUT2D eigenvalue weighted by Gasteiger charge is 2.21. The first-order chi connectivity index (χ1) is 10.1. The lowest BCUT2D eigenvalue weighted by Crippen LogP contribution is -2.48. The van der Waals surface area contributed by atoms with E-state index in [2.05, 4.69) is 15.5 Å². The smallest absolute Gasteiger partial charge is 0.243 e. The zero-order valence-electron chi connectivity index (χ0n) is 12.6. The summed E-state index contributed by atoms with van der Waals surface area (Å²) in [6.07, 6.45) is 0. The van der Waals surface area contributed by atoms with E-state index in [1.54, 1.807) is 0 Å². The number of anilines is 1. The van der Waals surface area contributed by atoms with Crippen molar-refractivity contribution in [1.29, 1.82) is 0 Å². The number of likely N-dealkylation sites (N-methyl/N-ethyl adjacent to an activating group) is 1. The van der Waals surface area contributed by atoms with Gasteiger partial charge in [-0.15, -0.1) is 0 Å². The molecule has 1 heterocycles. The molecule has 2 rings (SSSR count). The average Bonchev–Trinajstić information content (AvgIpc) is 2.48. The summed E-state index contributed by atoms with van der Waals surface area (Å²) in [5.41, 5.74) is 0.731. The van der Waals surface area contributed by atoms with E-state index < -0.39 is 0 Å². The van der Waals surface area contributed by atoms with Gasteiger partial charge in [0.25, 0.3) is 0 Å². The third-order valence-corrected chi connectivity index (χ3v) is 3.15. The van der Waals surface area contributed by atoms with Crippen LogP contribution in [0.5, 0.6) is 5.75 Å². The number of hydrogen-bond acceptors (Lipinski definition) is 5. The van der Waals surface area contributed by atoms with Gasteiger partial charge in [0.05, 0.1) is 13.2 Å². The maximum atomic E-state index is 12.1. The zero-order chi connectivity index (χ0) is 15.1. The molecule has 6 nitrogen and oxygen atoms in total. The van der Waals surface area contributed by atoms with Gasteiger partial charge in [0.15, 0.2) is 0 Å². The highest BCUT2D eigenvalue weighted by molar-refractivity contribution is 5.95. The molecular weight excluding hydrogens is 270 g/mol. The summed E-state index contributed by atoms with van der Waals surface area (Å²) in [7, 11) is 4.00. The van der Waals surface area contributed by atoms with Crippen molar-refractivity contribution in [3.05, 3.63) is 24.3 Å². The fourth-order valence-electron chi connectivity index (χ4n) is 1.97. The molecule has 0 bridgehead atoms. The van der Waals surface area contributed by atoms with Gasteiger partial charge in [-0.25, -0.2) is 0 Å². The molecule has 1 unspecified atom stereocenters. The Morgan fingerprint density at radius 1 is 1.52 bits per heavy atom. The fraction of sp³-hybridized carbons (Fsp3) is 0.533. The van der Waals surface area contributed by atoms with E-state index in [1.807, 2.05) is 38.4 Å². The van der Waals surface area contributed by atoms with Crippen molar-refractivity contribution in [3.63, 3.8) is 0 Å². The molecular formula is C15H23N3O3. The summed E-state index contributed by atoms with van der Waals surface area (Å²) in [6.45, 7) is 3.22. The van der Waals surface area contributed by atoms with E-state index in [4.69, 9.17) is 9.47 Å². The van der Waals surface area contributed by atoms with E-state index in [0.29, 0.717) is 26.4 Å². The van der Waals surface area contributed by atoms with Gasteiger partial charge in [-0.1, -0.05) is 6.07 Å². The lowest BCUT2D eigenvalue weighted by Gasteiger charge is -2.23. The summed E-state index contributed by atoms with van der Waals surface area (Å²) in [4.78, 5) is 14.1. The van der Waals surface area contributed by atoms with Crippen LogP contribution in [0.4, 0.5) is 5.69 Å². The third-order valence-electron chi connectivity index (χ3n) is 3.15. The van der Waals surface area contributed by atoms with Crippen LogP contribution >= 0.6 is 0 Å². The molecule has 0 aromatic heterocycles. The van der Waals surface area contributed by atoms with E-state index in [9.17, 15) is 4.79 Å². The Labute approximate surface area is 125 Å². The van der Waals surface area contributed by atoms with Crippen LogP contribution < -0.4 is 15.4 Å². The topological polar surface area (TPSA) is 62.8 Å². The molecule has 1 atom stereocenters. The number of ether oxygens (including phenoxy) is 2. The van der Waals surface area contributed by atoms with Gasteiger partial charge in [0.1, 0.15) is 18.4 Å². The van der Waals surface area contributed by atoms with Crippen LogP contribution in [-0.2, 0) is 9.53 Å². The van der Waals surface area contributed by atoms with Crippen LogP contribution in [-0.4, -0.2) is 63.9 Å². The number of benzene rings is 1. The molecule has 21 heavy (non-hydrogen) atoms. The summed E-state index contributed by atoms with van der Waals surface area (Å²) in [5, 5.41) is 6.01. The third kappa shape index (κ3) is 5.34. The highest BCUT2D eigenvalue weighted by Crippen LogP contribution is 2.17. The predicted octanol–water partition coefficient (Wildman–Crippen LogP) is 0.554. The molecule has 0 saturated carbocycles. The highest BCUT2D eigenvalue weighted by atomic mass is 16.5. The van der Waals surface area contributed by atoms with E-state index >= 15 is 0 Å². The molecule has 1 aromatic carbocycles. The number of rotatable bonds is 6. The van der Waals surface area contributed by atoms with Crippen LogP contribution in [0, 0.1) is 0 Å². The van der Waals surface area contributed by atoms with Gasteiger partial charge in [-0.3, -0.25) is 4.79 Å². The molecule has 6 heteroatoms. The van der Waals surface area contributed by atoms with Crippen LogP contribution in [0.3, 0.4) is 0 Å². The monoisotopic (exact) mass is 293 g/mol. The minimum absolute atomic E-state index is 0.0832. The Bertz CT molecular complexity index is 459. The normalized spacial score (nSPS) is 18.5. The zero-order valence-corrected chi connectivity index (χ0v) is 12.6. The second-order valence-corrected chi connectivity index (χ2v) is 5.25. The lowest BCUT2D eigenvalue weighted by molar-refractivity contribution is -0.120. The first kappa shape index (κ1) is 15.8. The van der Waals surface area contributed by atoms with Crippen molar-refractivity contribution in [2.24, 2.45) is 0 Å². The van der Waals surface area contributed by atoms with Gasteiger partial charge < -0.3 is 25.0 Å². The first-order valence-corrected chi connectivity index (χ1v) is 7.15. The number of nitrogens with one attached hydrogen (secondary N) is 2. The minimum atomic E-state index is -0.294. The maximum Gasteiger partial charge on any atom is 0.243 e. The van der Waals surface area contributed by atoms with Gasteiger partial charge >= 0.3 is 0 Å². The first-order valence-electron chi connectivity index (χ1n) is 7.15. The standard InChI is InChI=1S/C15H23N3O3/c1-18(2)7-9-21-13-5-3-4-12(10-13)17-15(19)14-11-20-8-6-16-14/h3-5,10,14,16H,6-9,11H2,1-2H3,(H,17,19). The maximum absolute atomic E-state index is 12.1. The molecule has 116 valence electrons.